The van der Waals surface area contributed by atoms with Gasteiger partial charge in [0.2, 0.25) is 5.91 Å². The van der Waals surface area contributed by atoms with Crippen LogP contribution in [0.4, 0.5) is 10.5 Å². The number of piperidine rings is 1. The molecule has 1 atom stereocenters. The molecule has 1 unspecified atom stereocenters. The molecule has 2 aliphatic heterocycles. The van der Waals surface area contributed by atoms with Crippen molar-refractivity contribution in [1.29, 1.82) is 0 Å². The second-order valence-electron chi connectivity index (χ2n) is 9.32. The summed E-state index contributed by atoms with van der Waals surface area (Å²) in [6.45, 7) is 10.6. The number of rotatable bonds is 4. The van der Waals surface area contributed by atoms with E-state index in [1.165, 1.54) is 5.69 Å². The van der Waals surface area contributed by atoms with Gasteiger partial charge in [0, 0.05) is 45.0 Å². The minimum absolute atomic E-state index is 0.103. The smallest absolute Gasteiger partial charge is 0.410 e. The van der Waals surface area contributed by atoms with Crippen LogP contribution in [-0.4, -0.2) is 73.2 Å². The highest BCUT2D eigenvalue weighted by atomic mass is 16.6. The molecule has 7 nitrogen and oxygen atoms in total. The number of likely N-dealkylation sites (tertiary alicyclic amines) is 1. The highest BCUT2D eigenvalue weighted by molar-refractivity contribution is 5.86. The van der Waals surface area contributed by atoms with Gasteiger partial charge in [0.15, 0.2) is 0 Å². The zero-order chi connectivity index (χ0) is 21.7. The molecule has 2 amide bonds. The number of para-hydroxylation sites is 1. The quantitative estimate of drug-likeness (QED) is 0.818. The Kier molecular flexibility index (Phi) is 7.23. The van der Waals surface area contributed by atoms with Crippen LogP contribution >= 0.6 is 0 Å². The molecule has 2 aliphatic rings. The Balaban J connectivity index is 1.64. The predicted molar refractivity (Wildman–Crippen MR) is 119 cm³/mol. The number of carbonyl (C=O) groups excluding carboxylic acids is 2. The molecule has 0 saturated carbocycles. The predicted octanol–water partition coefficient (Wildman–Crippen LogP) is 2.84. The number of amides is 2. The average molecular weight is 417 g/mol. The van der Waals surface area contributed by atoms with E-state index in [2.05, 4.69) is 34.3 Å². The van der Waals surface area contributed by atoms with Crippen LogP contribution in [-0.2, 0) is 16.1 Å². The zero-order valence-corrected chi connectivity index (χ0v) is 18.8. The van der Waals surface area contributed by atoms with Crippen LogP contribution in [0.1, 0.15) is 45.6 Å². The Morgan fingerprint density at radius 1 is 1.07 bits per heavy atom. The number of nitrogens with one attached hydrogen (secondary N) is 1. The van der Waals surface area contributed by atoms with Crippen LogP contribution in [0, 0.1) is 0 Å². The number of hydrogen-bond donors (Lipinski definition) is 1. The van der Waals surface area contributed by atoms with E-state index in [-0.39, 0.29) is 5.91 Å². The van der Waals surface area contributed by atoms with E-state index < -0.39 is 17.7 Å². The lowest BCUT2D eigenvalue weighted by molar-refractivity contribution is -0.127. The van der Waals surface area contributed by atoms with Crippen molar-refractivity contribution in [3.8, 4) is 0 Å². The van der Waals surface area contributed by atoms with E-state index in [1.807, 2.05) is 32.9 Å². The van der Waals surface area contributed by atoms with Gasteiger partial charge in [0.1, 0.15) is 11.6 Å². The summed E-state index contributed by atoms with van der Waals surface area (Å²) in [5.74, 6) is -0.103. The van der Waals surface area contributed by atoms with Crippen LogP contribution in [0.15, 0.2) is 24.3 Å². The first kappa shape index (κ1) is 22.4. The highest BCUT2D eigenvalue weighted by Gasteiger charge is 2.34. The summed E-state index contributed by atoms with van der Waals surface area (Å²) in [5.41, 5.74) is 1.71. The van der Waals surface area contributed by atoms with Crippen molar-refractivity contribution in [3.05, 3.63) is 29.8 Å². The van der Waals surface area contributed by atoms with E-state index >= 15 is 0 Å². The van der Waals surface area contributed by atoms with Gasteiger partial charge in [-0.2, -0.15) is 0 Å². The SMILES string of the molecule is CN1CCN(c2ccccc2CNC(=O)C2CCCCN2C(=O)OC(C)(C)C)CC1. The van der Waals surface area contributed by atoms with Crippen molar-refractivity contribution < 1.29 is 14.3 Å². The molecule has 1 aromatic rings. The maximum absolute atomic E-state index is 13.0. The van der Waals surface area contributed by atoms with E-state index in [0.29, 0.717) is 19.5 Å². The Hall–Kier alpha value is -2.28. The van der Waals surface area contributed by atoms with E-state index in [9.17, 15) is 9.59 Å². The lowest BCUT2D eigenvalue weighted by atomic mass is 10.0. The molecule has 2 saturated heterocycles. The van der Waals surface area contributed by atoms with Crippen LogP contribution in [0.3, 0.4) is 0 Å². The van der Waals surface area contributed by atoms with Crippen LogP contribution in [0.2, 0.25) is 0 Å². The highest BCUT2D eigenvalue weighted by Crippen LogP contribution is 2.23. The van der Waals surface area contributed by atoms with Gasteiger partial charge in [-0.15, -0.1) is 0 Å². The van der Waals surface area contributed by atoms with E-state index in [1.54, 1.807) is 4.90 Å². The largest absolute Gasteiger partial charge is 0.444 e. The minimum atomic E-state index is -0.572. The normalized spacial score (nSPS) is 20.7. The molecular formula is C23H36N4O3. The van der Waals surface area contributed by atoms with Gasteiger partial charge < -0.3 is 19.9 Å². The summed E-state index contributed by atoms with van der Waals surface area (Å²) in [5, 5.41) is 3.08. The van der Waals surface area contributed by atoms with Gasteiger partial charge in [-0.05, 0) is 58.7 Å². The van der Waals surface area contributed by atoms with Crippen LogP contribution in [0.5, 0.6) is 0 Å². The fourth-order valence-electron chi connectivity index (χ4n) is 4.06. The lowest BCUT2D eigenvalue weighted by Gasteiger charge is -2.36. The molecule has 2 fully saturated rings. The lowest BCUT2D eigenvalue weighted by Crippen LogP contribution is -2.53. The Labute approximate surface area is 180 Å². The third-order valence-corrected chi connectivity index (χ3v) is 5.72. The topological polar surface area (TPSA) is 65.1 Å². The van der Waals surface area contributed by atoms with Crippen molar-refractivity contribution in [2.45, 2.75) is 58.2 Å². The molecule has 7 heteroatoms. The van der Waals surface area contributed by atoms with Crippen molar-refractivity contribution in [2.75, 3.05) is 44.7 Å². The number of carbonyl (C=O) groups is 2. The number of anilines is 1. The molecule has 166 valence electrons. The van der Waals surface area contributed by atoms with Gasteiger partial charge in [-0.3, -0.25) is 9.69 Å². The number of likely N-dealkylation sites (N-methyl/N-ethyl adjacent to an activating group) is 1. The van der Waals surface area contributed by atoms with Gasteiger partial charge >= 0.3 is 6.09 Å². The minimum Gasteiger partial charge on any atom is -0.444 e. The van der Waals surface area contributed by atoms with Gasteiger partial charge in [-0.25, -0.2) is 4.79 Å². The van der Waals surface area contributed by atoms with E-state index in [4.69, 9.17) is 4.74 Å². The third kappa shape index (κ3) is 5.88. The molecule has 0 radical (unpaired) electrons. The van der Waals surface area contributed by atoms with Crippen molar-refractivity contribution >= 4 is 17.7 Å². The van der Waals surface area contributed by atoms with Crippen molar-refractivity contribution in [1.82, 2.24) is 15.1 Å². The maximum Gasteiger partial charge on any atom is 0.410 e. The summed E-state index contributed by atoms with van der Waals surface area (Å²) in [7, 11) is 2.14. The molecule has 0 bridgehead atoms. The first-order valence-corrected chi connectivity index (χ1v) is 11.0. The molecule has 30 heavy (non-hydrogen) atoms. The van der Waals surface area contributed by atoms with Gasteiger partial charge in [0.05, 0.1) is 0 Å². The molecule has 0 aliphatic carbocycles. The average Bonchev–Trinajstić information content (AvgIpc) is 2.71. The monoisotopic (exact) mass is 416 g/mol. The second kappa shape index (κ2) is 9.69. The standard InChI is InChI=1S/C23H36N4O3/c1-23(2,3)30-22(29)27-12-8-7-11-20(27)21(28)24-17-18-9-5-6-10-19(18)26-15-13-25(4)14-16-26/h5-6,9-10,20H,7-8,11-17H2,1-4H3,(H,24,28). The summed E-state index contributed by atoms with van der Waals surface area (Å²) >= 11 is 0. The first-order chi connectivity index (χ1) is 14.2. The van der Waals surface area contributed by atoms with Gasteiger partial charge in [0.25, 0.3) is 0 Å². The molecule has 0 spiro atoms. The zero-order valence-electron chi connectivity index (χ0n) is 18.8. The second-order valence-corrected chi connectivity index (χ2v) is 9.32. The number of hydrogen-bond acceptors (Lipinski definition) is 5. The Morgan fingerprint density at radius 3 is 2.47 bits per heavy atom. The van der Waals surface area contributed by atoms with Crippen LogP contribution < -0.4 is 10.2 Å². The number of nitrogens with zero attached hydrogens (tertiary/aromatic N) is 3. The summed E-state index contributed by atoms with van der Waals surface area (Å²) in [6.07, 6.45) is 2.11. The molecule has 1 aromatic carbocycles. The van der Waals surface area contributed by atoms with Crippen molar-refractivity contribution in [3.63, 3.8) is 0 Å². The first-order valence-electron chi connectivity index (χ1n) is 11.0. The molecule has 0 aromatic heterocycles. The Bertz CT molecular complexity index is 738. The van der Waals surface area contributed by atoms with E-state index in [0.717, 1.165) is 44.6 Å². The molecule has 2 heterocycles. The summed E-state index contributed by atoms with van der Waals surface area (Å²) in [4.78, 5) is 31.9. The Morgan fingerprint density at radius 2 is 1.77 bits per heavy atom. The number of piperazine rings is 1. The summed E-state index contributed by atoms with van der Waals surface area (Å²) < 4.78 is 5.52. The third-order valence-electron chi connectivity index (χ3n) is 5.72. The van der Waals surface area contributed by atoms with Gasteiger partial charge in [-0.1, -0.05) is 18.2 Å². The molecular weight excluding hydrogens is 380 g/mol. The fraction of sp³-hybridized carbons (Fsp3) is 0.652. The number of benzene rings is 1. The molecule has 3 rings (SSSR count). The fourth-order valence-corrected chi connectivity index (χ4v) is 4.06. The number of ether oxygens (including phenoxy) is 1. The van der Waals surface area contributed by atoms with Crippen molar-refractivity contribution in [2.24, 2.45) is 0 Å². The summed E-state index contributed by atoms with van der Waals surface area (Å²) in [6, 6.07) is 7.78. The maximum atomic E-state index is 13.0. The molecule has 1 N–H and O–H groups in total. The van der Waals surface area contributed by atoms with Crippen LogP contribution in [0.25, 0.3) is 0 Å².